The van der Waals surface area contributed by atoms with Crippen LogP contribution in [0, 0.1) is 5.92 Å². The minimum absolute atomic E-state index is 0.0167. The predicted molar refractivity (Wildman–Crippen MR) is 52.1 cm³/mol. The molecule has 0 amide bonds. The van der Waals surface area contributed by atoms with Crippen LogP contribution in [0.15, 0.2) is 0 Å². The van der Waals surface area contributed by atoms with Crippen LogP contribution in [0.25, 0.3) is 0 Å². The zero-order valence-corrected chi connectivity index (χ0v) is 9.24. The molecule has 0 aromatic carbocycles. The Kier molecular flexibility index (Phi) is 6.33. The highest BCUT2D eigenvalue weighted by Crippen LogP contribution is 2.13. The molecular formula is C10H16O5. The van der Waals surface area contributed by atoms with Crippen molar-refractivity contribution in [2.24, 2.45) is 5.92 Å². The molecule has 0 N–H and O–H groups in total. The smallest absolute Gasteiger partial charge is 0.306 e. The second-order valence-electron chi connectivity index (χ2n) is 3.20. The van der Waals surface area contributed by atoms with Gasteiger partial charge in [0.15, 0.2) is 0 Å². The standard InChI is InChI=1S/C10H16O5/c1-7(11)8(6-10(13)15-3)4-5-9(12)14-2/h8H,4-6H2,1-3H3/t8-/m1/s1. The summed E-state index contributed by atoms with van der Waals surface area (Å²) in [5.74, 6) is -1.41. The lowest BCUT2D eigenvalue weighted by Gasteiger charge is -2.10. The van der Waals surface area contributed by atoms with Crippen LogP contribution in [0.1, 0.15) is 26.2 Å². The molecule has 15 heavy (non-hydrogen) atoms. The summed E-state index contributed by atoms with van der Waals surface area (Å²) < 4.78 is 8.90. The van der Waals surface area contributed by atoms with Gasteiger partial charge in [-0.1, -0.05) is 0 Å². The monoisotopic (exact) mass is 216 g/mol. The second-order valence-corrected chi connectivity index (χ2v) is 3.20. The Morgan fingerprint density at radius 2 is 1.60 bits per heavy atom. The zero-order valence-electron chi connectivity index (χ0n) is 9.24. The van der Waals surface area contributed by atoms with E-state index >= 15 is 0 Å². The van der Waals surface area contributed by atoms with Gasteiger partial charge in [-0.15, -0.1) is 0 Å². The molecule has 0 aromatic rings. The summed E-state index contributed by atoms with van der Waals surface area (Å²) in [7, 11) is 2.55. The molecule has 0 saturated carbocycles. The molecule has 0 aliphatic heterocycles. The Bertz CT molecular complexity index is 246. The number of rotatable bonds is 6. The van der Waals surface area contributed by atoms with E-state index in [9.17, 15) is 14.4 Å². The summed E-state index contributed by atoms with van der Waals surface area (Å²) in [5, 5.41) is 0. The third-order valence-electron chi connectivity index (χ3n) is 2.14. The molecule has 0 heterocycles. The number of carbonyl (C=O) groups is 3. The molecular weight excluding hydrogens is 200 g/mol. The SMILES string of the molecule is COC(=O)CC[C@H](CC(=O)OC)C(C)=O. The lowest BCUT2D eigenvalue weighted by atomic mass is 9.95. The van der Waals surface area contributed by atoms with Crippen LogP contribution in [0.4, 0.5) is 0 Å². The first-order chi connectivity index (χ1) is 7.01. The van der Waals surface area contributed by atoms with Gasteiger partial charge >= 0.3 is 11.9 Å². The maximum atomic E-state index is 11.1. The van der Waals surface area contributed by atoms with Gasteiger partial charge in [-0.05, 0) is 13.3 Å². The summed E-state index contributed by atoms with van der Waals surface area (Å²) in [6.45, 7) is 1.39. The summed E-state index contributed by atoms with van der Waals surface area (Å²) in [6.07, 6.45) is 0.470. The van der Waals surface area contributed by atoms with Crippen molar-refractivity contribution in [3.8, 4) is 0 Å². The van der Waals surface area contributed by atoms with E-state index in [-0.39, 0.29) is 24.6 Å². The van der Waals surface area contributed by atoms with Gasteiger partial charge in [0.1, 0.15) is 5.78 Å². The Labute approximate surface area is 88.7 Å². The first-order valence-corrected chi connectivity index (χ1v) is 4.65. The lowest BCUT2D eigenvalue weighted by molar-refractivity contribution is -0.145. The van der Waals surface area contributed by atoms with Gasteiger partial charge in [0, 0.05) is 12.3 Å². The number of carbonyl (C=O) groups excluding carboxylic acids is 3. The predicted octanol–water partition coefficient (Wildman–Crippen LogP) is 0.708. The normalized spacial score (nSPS) is 11.7. The molecule has 86 valence electrons. The van der Waals surface area contributed by atoms with Crippen LogP contribution >= 0.6 is 0 Å². The van der Waals surface area contributed by atoms with E-state index in [1.807, 2.05) is 0 Å². The third kappa shape index (κ3) is 5.83. The molecule has 0 unspecified atom stereocenters. The molecule has 0 aliphatic carbocycles. The third-order valence-corrected chi connectivity index (χ3v) is 2.14. The number of ketones is 1. The average molecular weight is 216 g/mol. The Balaban J connectivity index is 4.11. The Hall–Kier alpha value is -1.39. The van der Waals surface area contributed by atoms with Gasteiger partial charge in [0.2, 0.25) is 0 Å². The minimum atomic E-state index is -0.462. The fraction of sp³-hybridized carbons (Fsp3) is 0.700. The van der Waals surface area contributed by atoms with E-state index < -0.39 is 11.9 Å². The second kappa shape index (κ2) is 6.98. The molecule has 0 spiro atoms. The van der Waals surface area contributed by atoms with E-state index in [1.54, 1.807) is 0 Å². The topological polar surface area (TPSA) is 69.7 Å². The first kappa shape index (κ1) is 13.6. The molecule has 5 nitrogen and oxygen atoms in total. The van der Waals surface area contributed by atoms with Crippen molar-refractivity contribution in [2.45, 2.75) is 26.2 Å². The Morgan fingerprint density at radius 1 is 1.07 bits per heavy atom. The molecule has 0 saturated heterocycles. The minimum Gasteiger partial charge on any atom is -0.469 e. The van der Waals surface area contributed by atoms with Gasteiger partial charge in [0.05, 0.1) is 20.6 Å². The quantitative estimate of drug-likeness (QED) is 0.611. The van der Waals surface area contributed by atoms with E-state index in [0.717, 1.165) is 0 Å². The van der Waals surface area contributed by atoms with Gasteiger partial charge in [0.25, 0.3) is 0 Å². The Morgan fingerprint density at radius 3 is 2.00 bits per heavy atom. The van der Waals surface area contributed by atoms with Crippen molar-refractivity contribution in [3.05, 3.63) is 0 Å². The summed E-state index contributed by atoms with van der Waals surface area (Å²) in [6, 6.07) is 0. The van der Waals surface area contributed by atoms with Crippen LogP contribution < -0.4 is 0 Å². The number of esters is 2. The van der Waals surface area contributed by atoms with E-state index in [0.29, 0.717) is 6.42 Å². The number of Topliss-reactive ketones (excluding diaryl/α,β-unsaturated/α-hetero) is 1. The van der Waals surface area contributed by atoms with Crippen molar-refractivity contribution in [2.75, 3.05) is 14.2 Å². The fourth-order valence-corrected chi connectivity index (χ4v) is 1.13. The fourth-order valence-electron chi connectivity index (χ4n) is 1.13. The van der Waals surface area contributed by atoms with Crippen molar-refractivity contribution < 1.29 is 23.9 Å². The maximum Gasteiger partial charge on any atom is 0.306 e. The zero-order chi connectivity index (χ0) is 11.8. The van der Waals surface area contributed by atoms with E-state index in [2.05, 4.69) is 9.47 Å². The van der Waals surface area contributed by atoms with Crippen molar-refractivity contribution in [1.29, 1.82) is 0 Å². The average Bonchev–Trinajstić information content (AvgIpc) is 2.22. The summed E-state index contributed by atoms with van der Waals surface area (Å²) >= 11 is 0. The van der Waals surface area contributed by atoms with E-state index in [4.69, 9.17) is 0 Å². The number of hydrogen-bond acceptors (Lipinski definition) is 5. The number of hydrogen-bond donors (Lipinski definition) is 0. The molecule has 5 heteroatoms. The highest BCUT2D eigenvalue weighted by atomic mass is 16.5. The van der Waals surface area contributed by atoms with Gasteiger partial charge in [-0.3, -0.25) is 14.4 Å². The van der Waals surface area contributed by atoms with Gasteiger partial charge in [-0.2, -0.15) is 0 Å². The van der Waals surface area contributed by atoms with Crippen LogP contribution in [0.2, 0.25) is 0 Å². The van der Waals surface area contributed by atoms with Crippen LogP contribution in [-0.2, 0) is 23.9 Å². The van der Waals surface area contributed by atoms with Crippen LogP contribution in [-0.4, -0.2) is 31.9 Å². The van der Waals surface area contributed by atoms with Crippen molar-refractivity contribution >= 4 is 17.7 Å². The van der Waals surface area contributed by atoms with Crippen LogP contribution in [0.5, 0.6) is 0 Å². The summed E-state index contributed by atoms with van der Waals surface area (Å²) in [4.78, 5) is 32.9. The molecule has 0 aromatic heterocycles. The van der Waals surface area contributed by atoms with Crippen molar-refractivity contribution in [1.82, 2.24) is 0 Å². The number of ether oxygens (including phenoxy) is 2. The highest BCUT2D eigenvalue weighted by molar-refractivity contribution is 5.84. The highest BCUT2D eigenvalue weighted by Gasteiger charge is 2.20. The summed E-state index contributed by atoms with van der Waals surface area (Å²) in [5.41, 5.74) is 0. The molecule has 0 fully saturated rings. The molecule has 0 radical (unpaired) electrons. The van der Waals surface area contributed by atoms with Crippen LogP contribution in [0.3, 0.4) is 0 Å². The first-order valence-electron chi connectivity index (χ1n) is 4.65. The van der Waals surface area contributed by atoms with Gasteiger partial charge in [-0.25, -0.2) is 0 Å². The van der Waals surface area contributed by atoms with Gasteiger partial charge < -0.3 is 9.47 Å². The molecule has 0 aliphatic rings. The molecule has 0 rings (SSSR count). The molecule has 0 bridgehead atoms. The molecule has 1 atom stereocenters. The largest absolute Gasteiger partial charge is 0.469 e. The maximum absolute atomic E-state index is 11.1. The van der Waals surface area contributed by atoms with E-state index in [1.165, 1.54) is 21.1 Å². The number of methoxy groups -OCH3 is 2. The van der Waals surface area contributed by atoms with Crippen molar-refractivity contribution in [3.63, 3.8) is 0 Å². The lowest BCUT2D eigenvalue weighted by Crippen LogP contribution is -2.18.